The summed E-state index contributed by atoms with van der Waals surface area (Å²) in [5.41, 5.74) is -3.04. The highest BCUT2D eigenvalue weighted by atomic mass is 16.5. The lowest BCUT2D eigenvalue weighted by Gasteiger charge is -2.28. The second-order valence-corrected chi connectivity index (χ2v) is 5.23. The Morgan fingerprint density at radius 2 is 1.73 bits per heavy atom. The number of unbranched alkanes of at least 4 members (excludes halogenated alkanes) is 1. The van der Waals surface area contributed by atoms with E-state index in [4.69, 9.17) is 14.9 Å². The zero-order valence-corrected chi connectivity index (χ0v) is 12.9. The van der Waals surface area contributed by atoms with Crippen LogP contribution in [0.5, 0.6) is 0 Å². The highest BCUT2D eigenvalue weighted by Gasteiger charge is 2.53. The van der Waals surface area contributed by atoms with Gasteiger partial charge in [0.2, 0.25) is 0 Å². The van der Waals surface area contributed by atoms with E-state index in [-0.39, 0.29) is 0 Å². The summed E-state index contributed by atoms with van der Waals surface area (Å²) in [7, 11) is 0. The van der Waals surface area contributed by atoms with Crippen LogP contribution in [0.3, 0.4) is 0 Å². The smallest absolute Gasteiger partial charge is 0.337 e. The van der Waals surface area contributed by atoms with Crippen LogP contribution in [0.1, 0.15) is 46.5 Å². The number of rotatable bonds is 10. The molecule has 0 aliphatic heterocycles. The van der Waals surface area contributed by atoms with Crippen molar-refractivity contribution >= 4 is 23.7 Å². The van der Waals surface area contributed by atoms with Gasteiger partial charge in [-0.1, -0.05) is 19.8 Å². The molecule has 8 heteroatoms. The van der Waals surface area contributed by atoms with Gasteiger partial charge < -0.3 is 20.1 Å². The Hall–Kier alpha value is -1.96. The molecule has 0 rings (SSSR count). The molecular weight excluding hydrogens is 296 g/mol. The zero-order chi connectivity index (χ0) is 17.5. The van der Waals surface area contributed by atoms with Crippen molar-refractivity contribution in [1.29, 1.82) is 0 Å². The lowest BCUT2D eigenvalue weighted by Crippen LogP contribution is -2.54. The molecule has 0 amide bonds. The molecule has 0 saturated carbocycles. The van der Waals surface area contributed by atoms with Crippen LogP contribution in [0.4, 0.5) is 0 Å². The maximum atomic E-state index is 12.0. The van der Waals surface area contributed by atoms with E-state index in [2.05, 4.69) is 0 Å². The van der Waals surface area contributed by atoms with Crippen molar-refractivity contribution in [3.8, 4) is 0 Å². The fourth-order valence-corrected chi connectivity index (χ4v) is 2.05. The number of hydrogen-bond acceptors (Lipinski definition) is 6. The second kappa shape index (κ2) is 8.47. The van der Waals surface area contributed by atoms with Gasteiger partial charge in [-0.05, 0) is 20.3 Å². The summed E-state index contributed by atoms with van der Waals surface area (Å²) in [5, 5.41) is 27.8. The lowest BCUT2D eigenvalue weighted by molar-refractivity contribution is -0.184. The van der Waals surface area contributed by atoms with Crippen molar-refractivity contribution in [3.63, 3.8) is 0 Å². The Bertz CT molecular complexity index is 444. The van der Waals surface area contributed by atoms with E-state index >= 15 is 0 Å². The predicted molar refractivity (Wildman–Crippen MR) is 74.1 cm³/mol. The molecule has 0 aromatic carbocycles. The Kier molecular flexibility index (Phi) is 7.72. The minimum Gasteiger partial charge on any atom is -0.481 e. The number of esters is 1. The first-order valence-corrected chi connectivity index (χ1v) is 6.94. The molecule has 0 bridgehead atoms. The minimum absolute atomic E-state index is 0.511. The standard InChI is InChI=1S/C14H22O8/c1-4-5-6-8(2)22-12(18)11(9(3)15)14(21,13(19)20)7-10(16)17/h8,11,21H,4-7H2,1-3H3,(H,16,17)(H,19,20). The van der Waals surface area contributed by atoms with E-state index in [0.29, 0.717) is 6.42 Å². The van der Waals surface area contributed by atoms with Crippen LogP contribution in [-0.4, -0.2) is 50.7 Å². The highest BCUT2D eigenvalue weighted by molar-refractivity contribution is 6.05. The van der Waals surface area contributed by atoms with Crippen molar-refractivity contribution in [2.75, 3.05) is 0 Å². The van der Waals surface area contributed by atoms with Gasteiger partial charge in [0.05, 0.1) is 12.5 Å². The molecule has 0 heterocycles. The molecule has 0 aliphatic carbocycles. The van der Waals surface area contributed by atoms with Gasteiger partial charge in [0.1, 0.15) is 5.78 Å². The first-order chi connectivity index (χ1) is 10.1. The molecule has 0 saturated heterocycles. The number of aliphatic carboxylic acids is 2. The third-order valence-electron chi connectivity index (χ3n) is 3.19. The Morgan fingerprint density at radius 3 is 2.09 bits per heavy atom. The molecule has 22 heavy (non-hydrogen) atoms. The Balaban J connectivity index is 5.33. The summed E-state index contributed by atoms with van der Waals surface area (Å²) in [5.74, 6) is -7.91. The first-order valence-electron chi connectivity index (χ1n) is 6.94. The number of Topliss-reactive ketones (excluding diaryl/α,β-unsaturated/α-hetero) is 1. The zero-order valence-electron chi connectivity index (χ0n) is 12.9. The van der Waals surface area contributed by atoms with Gasteiger partial charge in [-0.25, -0.2) is 4.79 Å². The largest absolute Gasteiger partial charge is 0.481 e. The monoisotopic (exact) mass is 318 g/mol. The molecule has 0 aromatic rings. The molecular formula is C14H22O8. The quantitative estimate of drug-likeness (QED) is 0.393. The van der Waals surface area contributed by atoms with Crippen LogP contribution >= 0.6 is 0 Å². The van der Waals surface area contributed by atoms with Gasteiger partial charge in [0, 0.05) is 0 Å². The van der Waals surface area contributed by atoms with Gasteiger partial charge in [-0.3, -0.25) is 14.4 Å². The highest BCUT2D eigenvalue weighted by Crippen LogP contribution is 2.26. The maximum absolute atomic E-state index is 12.0. The van der Waals surface area contributed by atoms with Crippen molar-refractivity contribution in [1.82, 2.24) is 0 Å². The van der Waals surface area contributed by atoms with Gasteiger partial charge in [-0.15, -0.1) is 0 Å². The van der Waals surface area contributed by atoms with E-state index in [0.717, 1.165) is 19.8 Å². The third kappa shape index (κ3) is 5.44. The molecule has 0 radical (unpaired) electrons. The number of carbonyl (C=O) groups excluding carboxylic acids is 2. The van der Waals surface area contributed by atoms with E-state index in [1.54, 1.807) is 6.92 Å². The summed E-state index contributed by atoms with van der Waals surface area (Å²) in [4.78, 5) is 45.6. The predicted octanol–water partition coefficient (Wildman–Crippen LogP) is 0.604. The molecule has 3 N–H and O–H groups in total. The fourth-order valence-electron chi connectivity index (χ4n) is 2.05. The average Bonchev–Trinajstić information content (AvgIpc) is 2.34. The summed E-state index contributed by atoms with van der Waals surface area (Å²) in [6, 6.07) is 0. The summed E-state index contributed by atoms with van der Waals surface area (Å²) < 4.78 is 4.98. The molecule has 0 fully saturated rings. The fraction of sp³-hybridized carbons (Fsp3) is 0.714. The van der Waals surface area contributed by atoms with Crippen molar-refractivity contribution < 1.29 is 39.2 Å². The number of carboxylic acid groups (broad SMARTS) is 2. The number of carbonyl (C=O) groups is 4. The second-order valence-electron chi connectivity index (χ2n) is 5.23. The van der Waals surface area contributed by atoms with E-state index < -0.39 is 47.7 Å². The van der Waals surface area contributed by atoms with Crippen LogP contribution in [0.25, 0.3) is 0 Å². The molecule has 8 nitrogen and oxygen atoms in total. The topological polar surface area (TPSA) is 138 Å². The van der Waals surface area contributed by atoms with Crippen molar-refractivity contribution in [2.45, 2.75) is 58.2 Å². The van der Waals surface area contributed by atoms with Gasteiger partial charge in [0.15, 0.2) is 11.5 Å². The van der Waals surface area contributed by atoms with Crippen LogP contribution < -0.4 is 0 Å². The van der Waals surface area contributed by atoms with Gasteiger partial charge in [0.25, 0.3) is 0 Å². The Labute approximate surface area is 128 Å². The van der Waals surface area contributed by atoms with Crippen LogP contribution in [0.2, 0.25) is 0 Å². The number of carboxylic acids is 2. The van der Waals surface area contributed by atoms with E-state index in [1.165, 1.54) is 0 Å². The number of aliphatic hydroxyl groups is 1. The number of ether oxygens (including phenoxy) is 1. The Morgan fingerprint density at radius 1 is 1.18 bits per heavy atom. The first kappa shape index (κ1) is 20.0. The van der Waals surface area contributed by atoms with Crippen molar-refractivity contribution in [2.24, 2.45) is 5.92 Å². The molecule has 126 valence electrons. The van der Waals surface area contributed by atoms with Crippen molar-refractivity contribution in [3.05, 3.63) is 0 Å². The molecule has 3 atom stereocenters. The van der Waals surface area contributed by atoms with Gasteiger partial charge >= 0.3 is 17.9 Å². The summed E-state index contributed by atoms with van der Waals surface area (Å²) in [6.45, 7) is 4.41. The van der Waals surface area contributed by atoms with Crippen LogP contribution in [0, 0.1) is 5.92 Å². The number of hydrogen-bond donors (Lipinski definition) is 3. The van der Waals surface area contributed by atoms with E-state index in [1.807, 2.05) is 6.92 Å². The maximum Gasteiger partial charge on any atom is 0.337 e. The molecule has 0 aliphatic rings. The van der Waals surface area contributed by atoms with Gasteiger partial charge in [-0.2, -0.15) is 0 Å². The van der Waals surface area contributed by atoms with E-state index in [9.17, 15) is 24.3 Å². The summed E-state index contributed by atoms with van der Waals surface area (Å²) in [6.07, 6.45) is 0.271. The summed E-state index contributed by atoms with van der Waals surface area (Å²) >= 11 is 0. The number of ketones is 1. The molecule has 0 spiro atoms. The molecule has 0 aromatic heterocycles. The molecule has 3 unspecified atom stereocenters. The SMILES string of the molecule is CCCCC(C)OC(=O)C(C(C)=O)C(O)(CC(=O)O)C(=O)O. The van der Waals surface area contributed by atoms with Crippen LogP contribution in [0.15, 0.2) is 0 Å². The van der Waals surface area contributed by atoms with Crippen LogP contribution in [-0.2, 0) is 23.9 Å². The average molecular weight is 318 g/mol. The lowest BCUT2D eigenvalue weighted by atomic mass is 9.82. The third-order valence-corrected chi connectivity index (χ3v) is 3.19. The minimum atomic E-state index is -3.04. The normalized spacial score (nSPS) is 16.2.